The highest BCUT2D eigenvalue weighted by molar-refractivity contribution is 5.68. The van der Waals surface area contributed by atoms with Gasteiger partial charge in [-0.3, -0.25) is 4.68 Å². The molecule has 2 rings (SSSR count). The zero-order chi connectivity index (χ0) is 15.0. The SMILES string of the molecule is Cn1cnc(C2(N)CCCN(C(=O)OC(C)(C)C)C2)n1. The first-order valence-corrected chi connectivity index (χ1v) is 6.83. The number of carbonyl (C=O) groups excluding carboxylic acids is 1. The predicted octanol–water partition coefficient (Wildman–Crippen LogP) is 1.000. The minimum Gasteiger partial charge on any atom is -0.444 e. The fraction of sp³-hybridized carbons (Fsp3) is 0.769. The second-order valence-corrected chi connectivity index (χ2v) is 6.40. The topological polar surface area (TPSA) is 86.3 Å². The van der Waals surface area contributed by atoms with E-state index in [2.05, 4.69) is 10.1 Å². The predicted molar refractivity (Wildman–Crippen MR) is 73.9 cm³/mol. The summed E-state index contributed by atoms with van der Waals surface area (Å²) in [6.07, 6.45) is 2.86. The molecule has 1 aromatic rings. The molecular formula is C13H23N5O2. The van der Waals surface area contributed by atoms with Crippen molar-refractivity contribution in [2.24, 2.45) is 12.8 Å². The molecule has 7 heteroatoms. The molecular weight excluding hydrogens is 258 g/mol. The van der Waals surface area contributed by atoms with Gasteiger partial charge in [0.15, 0.2) is 5.82 Å². The Bertz CT molecular complexity index is 493. The van der Waals surface area contributed by atoms with Gasteiger partial charge < -0.3 is 15.4 Å². The van der Waals surface area contributed by atoms with Crippen molar-refractivity contribution in [2.75, 3.05) is 13.1 Å². The van der Waals surface area contributed by atoms with Gasteiger partial charge in [-0.1, -0.05) is 0 Å². The molecule has 1 atom stereocenters. The Labute approximate surface area is 119 Å². The number of amides is 1. The lowest BCUT2D eigenvalue weighted by Gasteiger charge is -2.38. The van der Waals surface area contributed by atoms with E-state index in [1.165, 1.54) is 0 Å². The van der Waals surface area contributed by atoms with Crippen LogP contribution in [-0.4, -0.2) is 44.4 Å². The number of aromatic nitrogens is 3. The maximum absolute atomic E-state index is 12.1. The number of nitrogens with zero attached hydrogens (tertiary/aromatic N) is 4. The lowest BCUT2D eigenvalue weighted by atomic mass is 9.89. The smallest absolute Gasteiger partial charge is 0.410 e. The Morgan fingerprint density at radius 1 is 1.50 bits per heavy atom. The van der Waals surface area contributed by atoms with Gasteiger partial charge in [0.1, 0.15) is 11.9 Å². The first-order chi connectivity index (χ1) is 9.20. The number of rotatable bonds is 1. The van der Waals surface area contributed by atoms with Gasteiger partial charge in [-0.05, 0) is 33.6 Å². The second-order valence-electron chi connectivity index (χ2n) is 6.40. The number of ether oxygens (including phenoxy) is 1. The van der Waals surface area contributed by atoms with Crippen molar-refractivity contribution in [1.29, 1.82) is 0 Å². The number of carbonyl (C=O) groups is 1. The third kappa shape index (κ3) is 3.27. The zero-order valence-electron chi connectivity index (χ0n) is 12.6. The van der Waals surface area contributed by atoms with Crippen LogP contribution in [0.5, 0.6) is 0 Å². The number of hydrogen-bond acceptors (Lipinski definition) is 5. The molecule has 7 nitrogen and oxygen atoms in total. The van der Waals surface area contributed by atoms with E-state index in [1.54, 1.807) is 23.0 Å². The Morgan fingerprint density at radius 2 is 2.20 bits per heavy atom. The molecule has 1 aliphatic rings. The van der Waals surface area contributed by atoms with Crippen molar-refractivity contribution in [3.63, 3.8) is 0 Å². The van der Waals surface area contributed by atoms with Gasteiger partial charge >= 0.3 is 6.09 Å². The van der Waals surface area contributed by atoms with Crippen molar-refractivity contribution in [3.8, 4) is 0 Å². The van der Waals surface area contributed by atoms with Crippen LogP contribution in [0.4, 0.5) is 4.79 Å². The van der Waals surface area contributed by atoms with Gasteiger partial charge in [0, 0.05) is 20.1 Å². The summed E-state index contributed by atoms with van der Waals surface area (Å²) < 4.78 is 7.02. The summed E-state index contributed by atoms with van der Waals surface area (Å²) in [7, 11) is 1.80. The maximum atomic E-state index is 12.1. The Kier molecular flexibility index (Phi) is 3.73. The lowest BCUT2D eigenvalue weighted by Crippen LogP contribution is -2.54. The minimum absolute atomic E-state index is 0.331. The normalized spacial score (nSPS) is 23.8. The van der Waals surface area contributed by atoms with Crippen LogP contribution < -0.4 is 5.73 Å². The molecule has 0 spiro atoms. The molecule has 2 N–H and O–H groups in total. The molecule has 0 radical (unpaired) electrons. The summed E-state index contributed by atoms with van der Waals surface area (Å²) in [5, 5.41) is 4.28. The standard InChI is InChI=1S/C13H23N5O2/c1-12(2,3)20-11(19)18-7-5-6-13(14,8-18)10-15-9-17(4)16-10/h9H,5-8,14H2,1-4H3. The Balaban J connectivity index is 2.10. The summed E-state index contributed by atoms with van der Waals surface area (Å²) in [6, 6.07) is 0. The summed E-state index contributed by atoms with van der Waals surface area (Å²) in [4.78, 5) is 18.0. The molecule has 2 heterocycles. The van der Waals surface area contributed by atoms with E-state index in [9.17, 15) is 4.79 Å². The highest BCUT2D eigenvalue weighted by Gasteiger charge is 2.39. The Morgan fingerprint density at radius 3 is 2.75 bits per heavy atom. The molecule has 1 saturated heterocycles. The number of hydrogen-bond donors (Lipinski definition) is 1. The third-order valence-corrected chi connectivity index (χ3v) is 3.22. The molecule has 0 aromatic carbocycles. The quantitative estimate of drug-likeness (QED) is 0.830. The van der Waals surface area contributed by atoms with Gasteiger partial charge in [0.05, 0.1) is 5.54 Å². The van der Waals surface area contributed by atoms with E-state index in [4.69, 9.17) is 10.5 Å². The van der Waals surface area contributed by atoms with Gasteiger partial charge in [-0.25, -0.2) is 9.78 Å². The molecule has 0 bridgehead atoms. The van der Waals surface area contributed by atoms with Crippen LogP contribution in [0.2, 0.25) is 0 Å². The van der Waals surface area contributed by atoms with Crippen LogP contribution in [0.1, 0.15) is 39.4 Å². The molecule has 20 heavy (non-hydrogen) atoms. The summed E-state index contributed by atoms with van der Waals surface area (Å²) in [6.45, 7) is 6.59. The van der Waals surface area contributed by atoms with E-state index in [0.29, 0.717) is 18.9 Å². The number of piperidine rings is 1. The molecule has 1 aliphatic heterocycles. The van der Waals surface area contributed by atoms with Crippen molar-refractivity contribution in [3.05, 3.63) is 12.2 Å². The fourth-order valence-corrected chi connectivity index (χ4v) is 2.32. The van der Waals surface area contributed by atoms with Crippen LogP contribution in [0.3, 0.4) is 0 Å². The average Bonchev–Trinajstić information content (AvgIpc) is 2.74. The van der Waals surface area contributed by atoms with E-state index in [1.807, 2.05) is 20.8 Å². The molecule has 0 aliphatic carbocycles. The third-order valence-electron chi connectivity index (χ3n) is 3.22. The summed E-state index contributed by atoms with van der Waals surface area (Å²) in [5.74, 6) is 0.577. The second kappa shape index (κ2) is 5.05. The van der Waals surface area contributed by atoms with Gasteiger partial charge in [0.2, 0.25) is 0 Å². The van der Waals surface area contributed by atoms with Crippen LogP contribution in [0, 0.1) is 0 Å². The molecule has 0 saturated carbocycles. The molecule has 1 unspecified atom stereocenters. The van der Waals surface area contributed by atoms with Crippen LogP contribution in [-0.2, 0) is 17.3 Å². The van der Waals surface area contributed by atoms with E-state index >= 15 is 0 Å². The fourth-order valence-electron chi connectivity index (χ4n) is 2.32. The largest absolute Gasteiger partial charge is 0.444 e. The van der Waals surface area contributed by atoms with Crippen molar-refractivity contribution in [1.82, 2.24) is 19.7 Å². The first-order valence-electron chi connectivity index (χ1n) is 6.83. The van der Waals surface area contributed by atoms with Crippen LogP contribution in [0.15, 0.2) is 6.33 Å². The van der Waals surface area contributed by atoms with Gasteiger partial charge in [-0.2, -0.15) is 5.10 Å². The minimum atomic E-state index is -0.698. The summed E-state index contributed by atoms with van der Waals surface area (Å²) >= 11 is 0. The summed E-state index contributed by atoms with van der Waals surface area (Å²) in [5.41, 5.74) is 5.19. The highest BCUT2D eigenvalue weighted by atomic mass is 16.6. The average molecular weight is 281 g/mol. The molecule has 1 fully saturated rings. The van der Waals surface area contributed by atoms with E-state index in [-0.39, 0.29) is 6.09 Å². The molecule has 1 amide bonds. The van der Waals surface area contributed by atoms with Crippen molar-refractivity contribution >= 4 is 6.09 Å². The zero-order valence-corrected chi connectivity index (χ0v) is 12.6. The monoisotopic (exact) mass is 281 g/mol. The van der Waals surface area contributed by atoms with Crippen LogP contribution in [0.25, 0.3) is 0 Å². The van der Waals surface area contributed by atoms with Crippen molar-refractivity contribution < 1.29 is 9.53 Å². The van der Waals surface area contributed by atoms with Crippen LogP contribution >= 0.6 is 0 Å². The molecule has 112 valence electrons. The maximum Gasteiger partial charge on any atom is 0.410 e. The Hall–Kier alpha value is -1.63. The number of likely N-dealkylation sites (tertiary alicyclic amines) is 1. The van der Waals surface area contributed by atoms with Gasteiger partial charge in [-0.15, -0.1) is 0 Å². The van der Waals surface area contributed by atoms with E-state index < -0.39 is 11.1 Å². The number of aryl methyl sites for hydroxylation is 1. The lowest BCUT2D eigenvalue weighted by molar-refractivity contribution is 0.0131. The molecule has 1 aromatic heterocycles. The first kappa shape index (κ1) is 14.8. The number of nitrogens with two attached hydrogens (primary N) is 1. The van der Waals surface area contributed by atoms with Crippen molar-refractivity contribution in [2.45, 2.75) is 44.8 Å². The van der Waals surface area contributed by atoms with Gasteiger partial charge in [0.25, 0.3) is 0 Å². The van der Waals surface area contributed by atoms with E-state index in [0.717, 1.165) is 12.8 Å². The highest BCUT2D eigenvalue weighted by Crippen LogP contribution is 2.27.